The number of nitrogens with zero attached hydrogens (tertiary/aromatic N) is 2. The van der Waals surface area contributed by atoms with Crippen molar-refractivity contribution < 1.29 is 0 Å². The molecule has 57 heavy (non-hydrogen) atoms. The predicted octanol–water partition coefficient (Wildman–Crippen LogP) is 13.8. The van der Waals surface area contributed by atoms with Gasteiger partial charge in [-0.1, -0.05) is 158 Å². The van der Waals surface area contributed by atoms with Crippen molar-refractivity contribution in [1.82, 2.24) is 9.97 Å². The van der Waals surface area contributed by atoms with E-state index >= 15 is 0 Å². The molecule has 268 valence electrons. The summed E-state index contributed by atoms with van der Waals surface area (Å²) in [6.45, 7) is 4.22. The minimum atomic E-state index is -0.477. The molecule has 9 aromatic rings. The Morgan fingerprint density at radius 3 is 1.63 bits per heavy atom. The Bertz CT molecular complexity index is 3030. The van der Waals surface area contributed by atoms with Gasteiger partial charge in [0.2, 0.25) is 0 Å². The topological polar surface area (TPSA) is 25.8 Å². The van der Waals surface area contributed by atoms with Gasteiger partial charge in [-0.25, -0.2) is 4.98 Å². The van der Waals surface area contributed by atoms with Crippen LogP contribution in [0.4, 0.5) is 0 Å². The molecule has 1 atom stereocenters. The monoisotopic (exact) mass is 726 g/mol. The minimum Gasteiger partial charge on any atom is -0.261 e. The first-order chi connectivity index (χ1) is 28.1. The first kappa shape index (κ1) is 33.2. The summed E-state index contributed by atoms with van der Waals surface area (Å²) in [6, 6.07) is 68.9. The van der Waals surface area contributed by atoms with Crippen LogP contribution in [0.5, 0.6) is 0 Å². The molecule has 2 nitrogen and oxygen atoms in total. The lowest BCUT2D eigenvalue weighted by Crippen LogP contribution is -2.25. The number of fused-ring (bicyclic) bond motifs is 10. The lowest BCUT2D eigenvalue weighted by atomic mass is 9.70. The highest BCUT2D eigenvalue weighted by atomic mass is 14.7. The molecule has 7 aromatic carbocycles. The third-order valence-corrected chi connectivity index (χ3v) is 12.2. The highest BCUT2D eigenvalue weighted by Crippen LogP contribution is 2.63. The zero-order valence-corrected chi connectivity index (χ0v) is 31.9. The largest absolute Gasteiger partial charge is 0.261 e. The Morgan fingerprint density at radius 2 is 0.895 bits per heavy atom. The van der Waals surface area contributed by atoms with Gasteiger partial charge >= 0.3 is 0 Å². The van der Waals surface area contributed by atoms with Gasteiger partial charge in [-0.05, 0) is 128 Å². The first-order valence-corrected chi connectivity index (χ1v) is 19.7. The van der Waals surface area contributed by atoms with Gasteiger partial charge in [0, 0.05) is 23.0 Å². The van der Waals surface area contributed by atoms with Crippen LogP contribution in [0.3, 0.4) is 0 Å². The molecule has 1 unspecified atom stereocenters. The fraction of sp³-hybridized carbons (Fsp3) is 0.0545. The summed E-state index contributed by atoms with van der Waals surface area (Å²) < 4.78 is 0. The standard InChI is InChI=1S/C55H38N2/c1-35-34-56-36(2)29-47(35)39-26-28-51-48(30-39)44-21-12-14-24-50(44)55(51)49-23-13-11-20-43(49)45-27-25-40(31-52(45)55)53-32-41(37-15-5-3-6-16-37)33-54(57-53)46-22-10-9-19-42(46)38-17-7-4-8-18-38/h3-34H,1-2H3. The molecule has 0 amide bonds. The summed E-state index contributed by atoms with van der Waals surface area (Å²) in [5.41, 5.74) is 23.4. The van der Waals surface area contributed by atoms with Crippen LogP contribution in [0.25, 0.3) is 78.1 Å². The van der Waals surface area contributed by atoms with Crippen LogP contribution in [-0.2, 0) is 5.41 Å². The molecule has 2 aliphatic carbocycles. The number of benzene rings is 7. The maximum absolute atomic E-state index is 5.52. The summed E-state index contributed by atoms with van der Waals surface area (Å²) >= 11 is 0. The number of hydrogen-bond acceptors (Lipinski definition) is 2. The van der Waals surface area contributed by atoms with Crippen LogP contribution in [0.2, 0.25) is 0 Å². The second-order valence-electron chi connectivity index (χ2n) is 15.4. The maximum atomic E-state index is 5.52. The predicted molar refractivity (Wildman–Crippen MR) is 235 cm³/mol. The van der Waals surface area contributed by atoms with Crippen molar-refractivity contribution in [3.63, 3.8) is 0 Å². The van der Waals surface area contributed by atoms with E-state index in [1.807, 2.05) is 6.20 Å². The number of aryl methyl sites for hydroxylation is 2. The van der Waals surface area contributed by atoms with Crippen molar-refractivity contribution in [1.29, 1.82) is 0 Å². The molecule has 0 bridgehead atoms. The summed E-state index contributed by atoms with van der Waals surface area (Å²) in [6.07, 6.45) is 1.99. The molecular weight excluding hydrogens is 689 g/mol. The van der Waals surface area contributed by atoms with Gasteiger partial charge in [-0.15, -0.1) is 0 Å². The van der Waals surface area contributed by atoms with E-state index < -0.39 is 5.41 Å². The van der Waals surface area contributed by atoms with Gasteiger partial charge in [0.25, 0.3) is 0 Å². The third kappa shape index (κ3) is 5.11. The molecule has 0 saturated heterocycles. The quantitative estimate of drug-likeness (QED) is 0.176. The smallest absolute Gasteiger partial charge is 0.0725 e. The Morgan fingerprint density at radius 1 is 0.333 bits per heavy atom. The Labute approximate surface area is 333 Å². The van der Waals surface area contributed by atoms with Gasteiger partial charge in [0.15, 0.2) is 0 Å². The minimum absolute atomic E-state index is 0.477. The van der Waals surface area contributed by atoms with Crippen molar-refractivity contribution in [2.45, 2.75) is 19.3 Å². The molecule has 0 N–H and O–H groups in total. The molecule has 2 heterocycles. The maximum Gasteiger partial charge on any atom is 0.0725 e. The molecule has 2 heteroatoms. The molecule has 1 spiro atoms. The summed E-state index contributed by atoms with van der Waals surface area (Å²) in [5, 5.41) is 0. The van der Waals surface area contributed by atoms with Crippen LogP contribution in [0.1, 0.15) is 33.5 Å². The van der Waals surface area contributed by atoms with Crippen molar-refractivity contribution in [2.24, 2.45) is 0 Å². The lowest BCUT2D eigenvalue weighted by Gasteiger charge is -2.31. The van der Waals surface area contributed by atoms with Gasteiger partial charge in [-0.3, -0.25) is 4.98 Å². The average molecular weight is 727 g/mol. The average Bonchev–Trinajstić information content (AvgIpc) is 3.74. The van der Waals surface area contributed by atoms with Crippen LogP contribution in [-0.4, -0.2) is 9.97 Å². The van der Waals surface area contributed by atoms with Gasteiger partial charge in [-0.2, -0.15) is 0 Å². The molecule has 11 rings (SSSR count). The van der Waals surface area contributed by atoms with Gasteiger partial charge in [0.1, 0.15) is 0 Å². The van der Waals surface area contributed by atoms with Gasteiger partial charge < -0.3 is 0 Å². The van der Waals surface area contributed by atoms with E-state index in [1.54, 1.807) is 0 Å². The summed E-state index contributed by atoms with van der Waals surface area (Å²) in [4.78, 5) is 10.1. The van der Waals surface area contributed by atoms with Crippen LogP contribution in [0.15, 0.2) is 194 Å². The lowest BCUT2D eigenvalue weighted by molar-refractivity contribution is 0.794. The number of hydrogen-bond donors (Lipinski definition) is 0. The second kappa shape index (κ2) is 13.0. The molecule has 2 aliphatic rings. The van der Waals surface area contributed by atoms with E-state index in [0.29, 0.717) is 0 Å². The molecule has 0 fully saturated rings. The highest BCUT2D eigenvalue weighted by molar-refractivity contribution is 5.97. The Kier molecular flexibility index (Phi) is 7.55. The number of pyridine rings is 2. The zero-order valence-electron chi connectivity index (χ0n) is 31.9. The van der Waals surface area contributed by atoms with Crippen molar-refractivity contribution in [3.8, 4) is 78.1 Å². The van der Waals surface area contributed by atoms with E-state index in [9.17, 15) is 0 Å². The van der Waals surface area contributed by atoms with E-state index in [2.05, 4.69) is 207 Å². The highest BCUT2D eigenvalue weighted by Gasteiger charge is 2.51. The first-order valence-electron chi connectivity index (χ1n) is 19.7. The van der Waals surface area contributed by atoms with E-state index in [0.717, 1.165) is 33.8 Å². The van der Waals surface area contributed by atoms with Gasteiger partial charge in [0.05, 0.1) is 16.8 Å². The molecule has 0 aliphatic heterocycles. The number of aromatic nitrogens is 2. The Balaban J connectivity index is 1.15. The Hall–Kier alpha value is -7.16. The van der Waals surface area contributed by atoms with Crippen molar-refractivity contribution in [2.75, 3.05) is 0 Å². The summed E-state index contributed by atoms with van der Waals surface area (Å²) in [5.74, 6) is 0. The fourth-order valence-corrected chi connectivity index (χ4v) is 9.60. The zero-order chi connectivity index (χ0) is 38.1. The summed E-state index contributed by atoms with van der Waals surface area (Å²) in [7, 11) is 0. The van der Waals surface area contributed by atoms with E-state index in [1.165, 1.54) is 77.9 Å². The molecule has 2 aromatic heterocycles. The molecule has 0 radical (unpaired) electrons. The normalized spacial score (nSPS) is 14.6. The van der Waals surface area contributed by atoms with Crippen LogP contribution >= 0.6 is 0 Å². The van der Waals surface area contributed by atoms with Crippen LogP contribution in [0, 0.1) is 13.8 Å². The third-order valence-electron chi connectivity index (χ3n) is 12.2. The van der Waals surface area contributed by atoms with E-state index in [-0.39, 0.29) is 0 Å². The van der Waals surface area contributed by atoms with E-state index in [4.69, 9.17) is 4.98 Å². The number of rotatable bonds is 5. The second-order valence-corrected chi connectivity index (χ2v) is 15.4. The molecule has 0 saturated carbocycles. The fourth-order valence-electron chi connectivity index (χ4n) is 9.60. The van der Waals surface area contributed by atoms with Crippen LogP contribution < -0.4 is 0 Å². The SMILES string of the molecule is Cc1cc(-c2ccc3c(c2)-c2ccccc2C32c3ccccc3-c3ccc(-c4cc(-c5ccccc5)cc(-c5ccccc5-c5ccccc5)n4)cc32)c(C)cn1. The van der Waals surface area contributed by atoms with Crippen molar-refractivity contribution in [3.05, 3.63) is 228 Å². The molecular formula is C55H38N2. The van der Waals surface area contributed by atoms with Crippen molar-refractivity contribution >= 4 is 0 Å².